The second-order valence-corrected chi connectivity index (χ2v) is 6.22. The highest BCUT2D eigenvalue weighted by molar-refractivity contribution is 5.03. The van der Waals surface area contributed by atoms with Crippen LogP contribution in [0.2, 0.25) is 0 Å². The molecule has 1 N–H and O–H groups in total. The summed E-state index contributed by atoms with van der Waals surface area (Å²) in [6, 6.07) is 0. The molecule has 0 unspecified atom stereocenters. The number of ether oxygens (including phenoxy) is 2. The molecule has 4 rings (SSSR count). The molecular weight excluding hydrogens is 248 g/mol. The Bertz CT molecular complexity index is 325. The van der Waals surface area contributed by atoms with E-state index in [1.165, 1.54) is 6.42 Å². The Morgan fingerprint density at radius 3 is 2.84 bits per heavy atom. The number of aliphatic hydroxyl groups is 1. The van der Waals surface area contributed by atoms with Gasteiger partial charge in [-0.3, -0.25) is 0 Å². The fourth-order valence-corrected chi connectivity index (χ4v) is 4.12. The molecule has 5 heteroatoms. The van der Waals surface area contributed by atoms with E-state index in [4.69, 9.17) is 19.2 Å². The average molecular weight is 272 g/mol. The topological polar surface area (TPSA) is 57.2 Å². The quantitative estimate of drug-likeness (QED) is 0.796. The van der Waals surface area contributed by atoms with Crippen LogP contribution in [0.1, 0.15) is 45.4 Å². The monoisotopic (exact) mass is 272 g/mol. The summed E-state index contributed by atoms with van der Waals surface area (Å²) in [7, 11) is 1.66. The summed E-state index contributed by atoms with van der Waals surface area (Å²) in [5, 5.41) is 9.33. The molecule has 5 atom stereocenters. The molecule has 1 saturated carbocycles. The molecular formula is C14H24O5. The summed E-state index contributed by atoms with van der Waals surface area (Å²) in [6.45, 7) is 2.07. The van der Waals surface area contributed by atoms with E-state index in [1.54, 1.807) is 7.11 Å². The van der Waals surface area contributed by atoms with Crippen molar-refractivity contribution in [3.63, 3.8) is 0 Å². The maximum atomic E-state index is 9.33. The molecule has 0 amide bonds. The first-order valence-electron chi connectivity index (χ1n) is 7.33. The van der Waals surface area contributed by atoms with Crippen LogP contribution in [0, 0.1) is 11.8 Å². The lowest BCUT2D eigenvalue weighted by Crippen LogP contribution is -2.63. The van der Waals surface area contributed by atoms with Gasteiger partial charge in [0.2, 0.25) is 5.79 Å². The number of hydrogen-bond donors (Lipinski definition) is 1. The summed E-state index contributed by atoms with van der Waals surface area (Å²) in [4.78, 5) is 11.5. The largest absolute Gasteiger partial charge is 0.396 e. The Labute approximate surface area is 114 Å². The van der Waals surface area contributed by atoms with Gasteiger partial charge in [-0.2, -0.15) is 0 Å². The number of hydrogen-bond acceptors (Lipinski definition) is 5. The van der Waals surface area contributed by atoms with Gasteiger partial charge in [0.05, 0.1) is 0 Å². The van der Waals surface area contributed by atoms with Gasteiger partial charge in [0.15, 0.2) is 11.9 Å². The minimum absolute atomic E-state index is 0.163. The average Bonchev–Trinajstić information content (AvgIpc) is 2.64. The van der Waals surface area contributed by atoms with Crippen LogP contribution in [0.5, 0.6) is 0 Å². The van der Waals surface area contributed by atoms with E-state index in [-0.39, 0.29) is 12.5 Å². The van der Waals surface area contributed by atoms with Crippen molar-refractivity contribution < 1.29 is 24.4 Å². The van der Waals surface area contributed by atoms with E-state index in [0.717, 1.165) is 25.7 Å². The SMILES string of the molecule is CO[C@H]1O[C@@]2(C)CC[C@H]3CCC[C@@H](CCO)[C@]31OO2. The Morgan fingerprint density at radius 2 is 2.11 bits per heavy atom. The molecule has 19 heavy (non-hydrogen) atoms. The number of aliphatic hydroxyl groups excluding tert-OH is 1. The first-order valence-corrected chi connectivity index (χ1v) is 7.33. The van der Waals surface area contributed by atoms with Crippen LogP contribution in [0.4, 0.5) is 0 Å². The standard InChI is InChI=1S/C14H24O5/c1-13-8-6-10-4-3-5-11(7-9-15)14(10,19-18-13)12(16-2)17-13/h10-12,15H,3-9H2,1-2H3/t10-,11+,12+,13-,14-/m1/s1. The van der Waals surface area contributed by atoms with Crippen molar-refractivity contribution in [2.45, 2.75) is 63.1 Å². The summed E-state index contributed by atoms with van der Waals surface area (Å²) in [5.41, 5.74) is -0.550. The fraction of sp³-hybridized carbons (Fsp3) is 1.00. The van der Waals surface area contributed by atoms with Gasteiger partial charge < -0.3 is 14.6 Å². The lowest BCUT2D eigenvalue weighted by molar-refractivity contribution is -0.554. The molecule has 5 nitrogen and oxygen atoms in total. The molecule has 0 aromatic heterocycles. The van der Waals surface area contributed by atoms with Gasteiger partial charge in [0, 0.05) is 20.1 Å². The predicted molar refractivity (Wildman–Crippen MR) is 67.0 cm³/mol. The van der Waals surface area contributed by atoms with Gasteiger partial charge in [0.25, 0.3) is 0 Å². The van der Waals surface area contributed by atoms with Crippen molar-refractivity contribution in [3.8, 4) is 0 Å². The van der Waals surface area contributed by atoms with Crippen molar-refractivity contribution in [1.29, 1.82) is 0 Å². The van der Waals surface area contributed by atoms with Crippen LogP contribution in [0.3, 0.4) is 0 Å². The number of fused-ring (bicyclic) bond motifs is 3. The number of methoxy groups -OCH3 is 1. The minimum atomic E-state index is -0.701. The first-order chi connectivity index (χ1) is 9.14. The summed E-state index contributed by atoms with van der Waals surface area (Å²) >= 11 is 0. The van der Waals surface area contributed by atoms with Crippen LogP contribution in [0.15, 0.2) is 0 Å². The zero-order chi connectivity index (χ0) is 13.5. The Kier molecular flexibility index (Phi) is 3.60. The Hall–Kier alpha value is -0.200. The molecule has 110 valence electrons. The van der Waals surface area contributed by atoms with E-state index >= 15 is 0 Å². The molecule has 0 aromatic carbocycles. The van der Waals surface area contributed by atoms with Crippen molar-refractivity contribution in [2.75, 3.05) is 13.7 Å². The van der Waals surface area contributed by atoms with E-state index in [1.807, 2.05) is 6.92 Å². The van der Waals surface area contributed by atoms with Crippen LogP contribution in [-0.2, 0) is 19.2 Å². The predicted octanol–water partition coefficient (Wildman–Crippen LogP) is 1.98. The van der Waals surface area contributed by atoms with Gasteiger partial charge in [0.1, 0.15) is 0 Å². The molecule has 2 bridgehead atoms. The second kappa shape index (κ2) is 4.97. The summed E-state index contributed by atoms with van der Waals surface area (Å²) in [6.07, 6.45) is 5.47. The third-order valence-corrected chi connectivity index (χ3v) is 5.11. The Balaban J connectivity index is 1.97. The van der Waals surface area contributed by atoms with Crippen LogP contribution < -0.4 is 0 Å². The maximum absolute atomic E-state index is 9.33. The Morgan fingerprint density at radius 1 is 1.26 bits per heavy atom. The van der Waals surface area contributed by atoms with Crippen molar-refractivity contribution in [2.24, 2.45) is 11.8 Å². The molecule has 4 fully saturated rings. The smallest absolute Gasteiger partial charge is 0.201 e. The molecule has 4 aliphatic rings. The van der Waals surface area contributed by atoms with E-state index < -0.39 is 17.7 Å². The summed E-state index contributed by atoms with van der Waals surface area (Å²) in [5.74, 6) is -0.0940. The van der Waals surface area contributed by atoms with E-state index in [2.05, 4.69) is 0 Å². The van der Waals surface area contributed by atoms with E-state index in [0.29, 0.717) is 12.3 Å². The van der Waals surface area contributed by atoms with Crippen molar-refractivity contribution in [1.82, 2.24) is 0 Å². The zero-order valence-corrected chi connectivity index (χ0v) is 11.8. The lowest BCUT2D eigenvalue weighted by Gasteiger charge is -2.53. The minimum Gasteiger partial charge on any atom is -0.396 e. The van der Waals surface area contributed by atoms with Crippen LogP contribution >= 0.6 is 0 Å². The van der Waals surface area contributed by atoms with Crippen molar-refractivity contribution >= 4 is 0 Å². The van der Waals surface area contributed by atoms with Gasteiger partial charge in [-0.15, -0.1) is 0 Å². The lowest BCUT2D eigenvalue weighted by atomic mass is 9.65. The van der Waals surface area contributed by atoms with Crippen LogP contribution in [0.25, 0.3) is 0 Å². The first kappa shape index (κ1) is 13.8. The van der Waals surface area contributed by atoms with Gasteiger partial charge >= 0.3 is 0 Å². The molecule has 0 aromatic rings. The van der Waals surface area contributed by atoms with Gasteiger partial charge in [-0.05, 0) is 44.4 Å². The highest BCUT2D eigenvalue weighted by Gasteiger charge is 2.63. The van der Waals surface area contributed by atoms with Crippen LogP contribution in [-0.4, -0.2) is 36.5 Å². The second-order valence-electron chi connectivity index (χ2n) is 6.22. The normalized spacial score (nSPS) is 49.7. The van der Waals surface area contributed by atoms with Gasteiger partial charge in [-0.25, -0.2) is 9.78 Å². The zero-order valence-electron chi connectivity index (χ0n) is 11.8. The molecule has 1 aliphatic carbocycles. The molecule has 3 saturated heterocycles. The van der Waals surface area contributed by atoms with Gasteiger partial charge in [-0.1, -0.05) is 6.42 Å². The van der Waals surface area contributed by atoms with E-state index in [9.17, 15) is 5.11 Å². The highest BCUT2D eigenvalue weighted by atomic mass is 17.3. The highest BCUT2D eigenvalue weighted by Crippen LogP contribution is 2.55. The molecule has 1 spiro atoms. The third kappa shape index (κ3) is 2.03. The number of rotatable bonds is 3. The van der Waals surface area contributed by atoms with Crippen molar-refractivity contribution in [3.05, 3.63) is 0 Å². The maximum Gasteiger partial charge on any atom is 0.201 e. The molecule has 0 radical (unpaired) electrons. The molecule has 3 heterocycles. The molecule has 3 aliphatic heterocycles. The fourth-order valence-electron chi connectivity index (χ4n) is 4.12. The third-order valence-electron chi connectivity index (χ3n) is 5.11. The summed E-state index contributed by atoms with van der Waals surface area (Å²) < 4.78 is 11.6.